The van der Waals surface area contributed by atoms with Crippen molar-refractivity contribution in [3.05, 3.63) is 0 Å². The maximum absolute atomic E-state index is 9.64. The fourth-order valence-electron chi connectivity index (χ4n) is 0.214. The number of carboxylic acid groups (broad SMARTS) is 2. The first-order valence-corrected chi connectivity index (χ1v) is 2.06. The monoisotopic (exact) mass is 134 g/mol. The second kappa shape index (κ2) is 5.08. The summed E-state index contributed by atoms with van der Waals surface area (Å²) in [6, 6.07) is 0. The molecule has 0 saturated heterocycles. The maximum Gasteiger partial charge on any atom is 0.303 e. The molecule has 0 aliphatic heterocycles. The van der Waals surface area contributed by atoms with E-state index in [1.54, 1.807) is 0 Å². The lowest BCUT2D eigenvalue weighted by Crippen LogP contribution is -2.00. The van der Waals surface area contributed by atoms with Crippen molar-refractivity contribution in [1.82, 2.24) is 0 Å². The molecule has 0 amide bonds. The van der Waals surface area contributed by atoms with E-state index in [1.165, 1.54) is 0 Å². The van der Waals surface area contributed by atoms with Gasteiger partial charge in [-0.05, 0) is 0 Å². The molecule has 0 aromatic carbocycles. The Bertz CT molecular complexity index is 93.5. The molecule has 0 unspecified atom stereocenters. The third-order valence-electron chi connectivity index (χ3n) is 0.553. The fourth-order valence-corrected chi connectivity index (χ4v) is 0.214. The van der Waals surface area contributed by atoms with Crippen LogP contribution in [0.1, 0.15) is 20.3 Å². The predicted molar refractivity (Wildman–Crippen MR) is 31.2 cm³/mol. The summed E-state index contributed by atoms with van der Waals surface area (Å²) in [7, 11) is 0. The van der Waals surface area contributed by atoms with Crippen molar-refractivity contribution in [2.45, 2.75) is 20.3 Å². The van der Waals surface area contributed by atoms with Crippen LogP contribution in [-0.2, 0) is 9.59 Å². The second-order valence-electron chi connectivity index (χ2n) is 1.29. The van der Waals surface area contributed by atoms with E-state index >= 15 is 0 Å². The zero-order chi connectivity index (χ0) is 6.57. The average Bonchev–Trinajstić information content (AvgIpc) is 1.61. The Morgan fingerprint density at radius 2 is 1.22 bits per heavy atom. The summed E-state index contributed by atoms with van der Waals surface area (Å²) in [4.78, 5) is 19.3. The van der Waals surface area contributed by atoms with E-state index in [2.05, 4.69) is 0 Å². The highest BCUT2D eigenvalue weighted by atomic mass is 16.4. The zero-order valence-electron chi connectivity index (χ0n) is 4.13. The molecule has 0 radical (unpaired) electrons. The van der Waals surface area contributed by atoms with Crippen LogP contribution in [0.2, 0.25) is 0 Å². The Balaban J connectivity index is 0. The van der Waals surface area contributed by atoms with Gasteiger partial charge in [-0.3, -0.25) is 9.59 Å². The summed E-state index contributed by atoms with van der Waals surface area (Å²) in [5.41, 5.74) is 0. The molecule has 0 aromatic heterocycles. The molecule has 0 fully saturated rings. The predicted octanol–water partition coefficient (Wildman–Crippen LogP) is 0.572. The topological polar surface area (TPSA) is 74.6 Å². The molecular formula is C5H10O4. The Kier molecular flexibility index (Phi) is 6.12. The van der Waals surface area contributed by atoms with Gasteiger partial charge in [-0.25, -0.2) is 0 Å². The third-order valence-corrected chi connectivity index (χ3v) is 0.553. The SMILES string of the molecule is C.O=C(O)CCC(=O)O. The normalized spacial score (nSPS) is 7.56. The Morgan fingerprint density at radius 3 is 1.33 bits per heavy atom. The molecule has 4 nitrogen and oxygen atoms in total. The number of carbonyl (C=O) groups is 2. The van der Waals surface area contributed by atoms with Gasteiger partial charge in [0.15, 0.2) is 0 Å². The minimum atomic E-state index is -1.08. The van der Waals surface area contributed by atoms with Crippen LogP contribution in [0.5, 0.6) is 0 Å². The fraction of sp³-hybridized carbons (Fsp3) is 0.600. The van der Waals surface area contributed by atoms with Crippen molar-refractivity contribution < 1.29 is 19.8 Å². The highest BCUT2D eigenvalue weighted by Gasteiger charge is 2.00. The minimum Gasteiger partial charge on any atom is -0.481 e. The average molecular weight is 134 g/mol. The largest absolute Gasteiger partial charge is 0.481 e. The molecule has 0 aromatic rings. The standard InChI is InChI=1S/C4H6O4.CH4/c5-3(6)1-2-4(7)8;/h1-2H2,(H,5,6)(H,7,8);1H4. The second-order valence-corrected chi connectivity index (χ2v) is 1.29. The molecule has 0 aliphatic carbocycles. The van der Waals surface area contributed by atoms with Gasteiger partial charge in [0.2, 0.25) is 0 Å². The molecule has 0 aliphatic rings. The van der Waals surface area contributed by atoms with Crippen LogP contribution >= 0.6 is 0 Å². The highest BCUT2D eigenvalue weighted by molar-refractivity contribution is 5.75. The summed E-state index contributed by atoms with van der Waals surface area (Å²) < 4.78 is 0. The molecule has 54 valence electrons. The van der Waals surface area contributed by atoms with E-state index < -0.39 is 11.9 Å². The molecular weight excluding hydrogens is 124 g/mol. The molecule has 0 atom stereocenters. The molecule has 0 bridgehead atoms. The van der Waals surface area contributed by atoms with Crippen LogP contribution in [0.25, 0.3) is 0 Å². The minimum absolute atomic E-state index is 0. The Morgan fingerprint density at radius 1 is 1.00 bits per heavy atom. The molecule has 2 N–H and O–H groups in total. The smallest absolute Gasteiger partial charge is 0.303 e. The first kappa shape index (κ1) is 10.8. The van der Waals surface area contributed by atoms with Gasteiger partial charge < -0.3 is 10.2 Å². The zero-order valence-corrected chi connectivity index (χ0v) is 4.13. The maximum atomic E-state index is 9.64. The Hall–Kier alpha value is -1.06. The van der Waals surface area contributed by atoms with E-state index in [1.807, 2.05) is 0 Å². The third kappa shape index (κ3) is 10.9. The summed E-state index contributed by atoms with van der Waals surface area (Å²) in [6.45, 7) is 0. The van der Waals surface area contributed by atoms with Crippen LogP contribution in [-0.4, -0.2) is 22.2 Å². The first-order chi connectivity index (χ1) is 3.63. The van der Waals surface area contributed by atoms with E-state index in [-0.39, 0.29) is 20.3 Å². The van der Waals surface area contributed by atoms with Crippen molar-refractivity contribution in [2.75, 3.05) is 0 Å². The summed E-state index contributed by atoms with van der Waals surface area (Å²) >= 11 is 0. The van der Waals surface area contributed by atoms with Gasteiger partial charge >= 0.3 is 11.9 Å². The molecule has 9 heavy (non-hydrogen) atoms. The van der Waals surface area contributed by atoms with Crippen LogP contribution in [0.3, 0.4) is 0 Å². The number of rotatable bonds is 3. The van der Waals surface area contributed by atoms with Crippen molar-refractivity contribution >= 4 is 11.9 Å². The molecule has 4 heteroatoms. The summed E-state index contributed by atoms with van der Waals surface area (Å²) in [6.07, 6.45) is -0.593. The van der Waals surface area contributed by atoms with Gasteiger partial charge in [0.25, 0.3) is 0 Å². The number of carboxylic acids is 2. The van der Waals surface area contributed by atoms with Gasteiger partial charge in [-0.1, -0.05) is 7.43 Å². The molecule has 0 heterocycles. The van der Waals surface area contributed by atoms with Gasteiger partial charge in [0, 0.05) is 0 Å². The summed E-state index contributed by atoms with van der Waals surface area (Å²) in [5, 5.41) is 15.8. The van der Waals surface area contributed by atoms with Crippen LogP contribution in [0.15, 0.2) is 0 Å². The molecule has 0 rings (SSSR count). The number of hydrogen-bond donors (Lipinski definition) is 2. The molecule has 0 saturated carbocycles. The van der Waals surface area contributed by atoms with E-state index in [0.29, 0.717) is 0 Å². The van der Waals surface area contributed by atoms with Gasteiger partial charge in [-0.2, -0.15) is 0 Å². The Labute approximate surface area is 53.1 Å². The van der Waals surface area contributed by atoms with Gasteiger partial charge in [-0.15, -0.1) is 0 Å². The van der Waals surface area contributed by atoms with Gasteiger partial charge in [0.1, 0.15) is 0 Å². The van der Waals surface area contributed by atoms with E-state index in [4.69, 9.17) is 10.2 Å². The van der Waals surface area contributed by atoms with Crippen molar-refractivity contribution in [3.63, 3.8) is 0 Å². The lowest BCUT2D eigenvalue weighted by molar-refractivity contribution is -0.143. The van der Waals surface area contributed by atoms with Crippen molar-refractivity contribution in [1.29, 1.82) is 0 Å². The van der Waals surface area contributed by atoms with Gasteiger partial charge in [0.05, 0.1) is 12.8 Å². The number of aliphatic carboxylic acids is 2. The lowest BCUT2D eigenvalue weighted by atomic mass is 10.3. The summed E-state index contributed by atoms with van der Waals surface area (Å²) in [5.74, 6) is -2.15. The van der Waals surface area contributed by atoms with E-state index in [9.17, 15) is 9.59 Å². The van der Waals surface area contributed by atoms with E-state index in [0.717, 1.165) is 0 Å². The first-order valence-electron chi connectivity index (χ1n) is 2.06. The highest BCUT2D eigenvalue weighted by Crippen LogP contribution is 1.85. The van der Waals surface area contributed by atoms with Crippen molar-refractivity contribution in [2.24, 2.45) is 0 Å². The molecule has 0 spiro atoms. The quantitative estimate of drug-likeness (QED) is 0.591. The van der Waals surface area contributed by atoms with Crippen molar-refractivity contribution in [3.8, 4) is 0 Å². The van der Waals surface area contributed by atoms with Crippen LogP contribution < -0.4 is 0 Å². The number of hydrogen-bond acceptors (Lipinski definition) is 2. The lowest BCUT2D eigenvalue weighted by Gasteiger charge is -1.85. The van der Waals surface area contributed by atoms with Crippen LogP contribution in [0, 0.1) is 0 Å². The van der Waals surface area contributed by atoms with Crippen LogP contribution in [0.4, 0.5) is 0 Å².